The van der Waals surface area contributed by atoms with E-state index in [1.165, 1.54) is 6.08 Å². The van der Waals surface area contributed by atoms with Crippen LogP contribution in [0.1, 0.15) is 18.9 Å². The second kappa shape index (κ2) is 8.19. The quantitative estimate of drug-likeness (QED) is 0.557. The minimum atomic E-state index is -3.00. The van der Waals surface area contributed by atoms with Gasteiger partial charge in [0, 0.05) is 17.4 Å². The van der Waals surface area contributed by atoms with Crippen molar-refractivity contribution in [2.24, 2.45) is 0 Å². The zero-order valence-electron chi connectivity index (χ0n) is 11.6. The molecular weight excluding hydrogens is 360 g/mol. The second-order valence-electron chi connectivity index (χ2n) is 4.27. The largest absolute Gasteiger partial charge is 0.492 e. The summed E-state index contributed by atoms with van der Waals surface area (Å²) in [5.41, 5.74) is 0.616. The van der Waals surface area contributed by atoms with Gasteiger partial charge in [0.15, 0.2) is 0 Å². The van der Waals surface area contributed by atoms with E-state index in [-0.39, 0.29) is 18.1 Å². The van der Waals surface area contributed by atoms with Gasteiger partial charge in [-0.3, -0.25) is 0 Å². The molecule has 0 heterocycles. The van der Waals surface area contributed by atoms with Crippen molar-refractivity contribution in [2.75, 3.05) is 18.1 Å². The maximum absolute atomic E-state index is 11.4. The summed E-state index contributed by atoms with van der Waals surface area (Å²) in [4.78, 5) is 10.6. The molecule has 0 aliphatic rings. The van der Waals surface area contributed by atoms with Crippen LogP contribution in [0.2, 0.25) is 0 Å². The average Bonchev–Trinajstić information content (AvgIpc) is 2.43. The van der Waals surface area contributed by atoms with Crippen molar-refractivity contribution < 1.29 is 23.1 Å². The van der Waals surface area contributed by atoms with Crippen LogP contribution in [0.25, 0.3) is 6.08 Å². The molecule has 1 aromatic carbocycles. The summed E-state index contributed by atoms with van der Waals surface area (Å²) in [5.74, 6) is -0.345. The summed E-state index contributed by atoms with van der Waals surface area (Å²) in [6.45, 7) is 1.86. The molecule has 5 nitrogen and oxygen atoms in total. The van der Waals surface area contributed by atoms with Gasteiger partial charge in [0.05, 0.1) is 16.8 Å². The zero-order valence-corrected chi connectivity index (χ0v) is 14.0. The fourth-order valence-corrected chi connectivity index (χ4v) is 2.91. The van der Waals surface area contributed by atoms with Crippen LogP contribution < -0.4 is 4.74 Å². The molecule has 0 bridgehead atoms. The molecule has 7 heteroatoms. The standard InChI is InChI=1S/C14H17BrO5S/c1-2-21(18,19)10-4-9-20-14-11(7-8-13(16)17)5-3-6-12(14)15/h3,5-8H,2,4,9-10H2,1H3,(H,16,17). The molecule has 0 aromatic heterocycles. The molecule has 0 fully saturated rings. The summed E-state index contributed by atoms with van der Waals surface area (Å²) in [6.07, 6.45) is 2.85. The predicted molar refractivity (Wildman–Crippen MR) is 85.3 cm³/mol. The molecule has 0 aliphatic heterocycles. The molecule has 0 amide bonds. The normalized spacial score (nSPS) is 11.7. The minimum absolute atomic E-state index is 0.0776. The zero-order chi connectivity index (χ0) is 15.9. The first-order chi connectivity index (χ1) is 9.85. The van der Waals surface area contributed by atoms with Gasteiger partial charge in [-0.1, -0.05) is 19.1 Å². The van der Waals surface area contributed by atoms with Gasteiger partial charge < -0.3 is 9.84 Å². The third-order valence-corrected chi connectivity index (χ3v) is 5.10. The van der Waals surface area contributed by atoms with Crippen LogP contribution in [0, 0.1) is 0 Å². The molecule has 21 heavy (non-hydrogen) atoms. The number of hydrogen-bond donors (Lipinski definition) is 1. The number of carboxylic acids is 1. The van der Waals surface area contributed by atoms with E-state index in [0.717, 1.165) is 6.08 Å². The molecule has 0 atom stereocenters. The molecule has 0 saturated heterocycles. The lowest BCUT2D eigenvalue weighted by Gasteiger charge is -2.11. The van der Waals surface area contributed by atoms with Gasteiger partial charge in [0.25, 0.3) is 0 Å². The van der Waals surface area contributed by atoms with E-state index in [0.29, 0.717) is 22.2 Å². The summed E-state index contributed by atoms with van der Waals surface area (Å²) in [5, 5.41) is 8.66. The number of halogens is 1. The highest BCUT2D eigenvalue weighted by Crippen LogP contribution is 2.30. The SMILES string of the molecule is CCS(=O)(=O)CCCOc1c(Br)cccc1C=CC(=O)O. The highest BCUT2D eigenvalue weighted by molar-refractivity contribution is 9.10. The first-order valence-electron chi connectivity index (χ1n) is 6.38. The summed E-state index contributed by atoms with van der Waals surface area (Å²) in [7, 11) is -3.00. The van der Waals surface area contributed by atoms with Gasteiger partial charge in [-0.25, -0.2) is 13.2 Å². The highest BCUT2D eigenvalue weighted by atomic mass is 79.9. The maximum Gasteiger partial charge on any atom is 0.328 e. The third-order valence-electron chi connectivity index (χ3n) is 2.69. The average molecular weight is 377 g/mol. The Hall–Kier alpha value is -1.34. The number of benzene rings is 1. The fraction of sp³-hybridized carbons (Fsp3) is 0.357. The number of hydrogen-bond acceptors (Lipinski definition) is 4. The lowest BCUT2D eigenvalue weighted by Crippen LogP contribution is -2.12. The molecule has 0 spiro atoms. The predicted octanol–water partition coefficient (Wildman–Crippen LogP) is 2.75. The van der Waals surface area contributed by atoms with E-state index in [2.05, 4.69) is 15.9 Å². The van der Waals surface area contributed by atoms with Crippen molar-refractivity contribution in [2.45, 2.75) is 13.3 Å². The lowest BCUT2D eigenvalue weighted by molar-refractivity contribution is -0.131. The van der Waals surface area contributed by atoms with Crippen molar-refractivity contribution >= 4 is 37.8 Å². The molecular formula is C14H17BrO5S. The van der Waals surface area contributed by atoms with Crippen molar-refractivity contribution in [3.8, 4) is 5.75 Å². The van der Waals surface area contributed by atoms with Gasteiger partial charge in [-0.05, 0) is 34.5 Å². The summed E-state index contributed by atoms with van der Waals surface area (Å²) >= 11 is 3.33. The van der Waals surface area contributed by atoms with E-state index in [9.17, 15) is 13.2 Å². The van der Waals surface area contributed by atoms with Gasteiger partial charge in [-0.15, -0.1) is 0 Å². The number of para-hydroxylation sites is 1. The van der Waals surface area contributed by atoms with Gasteiger partial charge in [0.1, 0.15) is 15.6 Å². The molecule has 0 aliphatic carbocycles. The smallest absolute Gasteiger partial charge is 0.328 e. The topological polar surface area (TPSA) is 80.7 Å². The van der Waals surface area contributed by atoms with Crippen molar-refractivity contribution in [1.29, 1.82) is 0 Å². The van der Waals surface area contributed by atoms with Crippen molar-refractivity contribution in [1.82, 2.24) is 0 Å². The summed E-state index contributed by atoms with van der Waals surface area (Å²) < 4.78 is 29.0. The Morgan fingerprint density at radius 2 is 2.14 bits per heavy atom. The second-order valence-corrected chi connectivity index (χ2v) is 7.60. The minimum Gasteiger partial charge on any atom is -0.492 e. The Morgan fingerprint density at radius 1 is 1.43 bits per heavy atom. The number of ether oxygens (including phenoxy) is 1. The van der Waals surface area contributed by atoms with Crippen LogP contribution in [-0.4, -0.2) is 37.6 Å². The first-order valence-corrected chi connectivity index (χ1v) is 9.00. The van der Waals surface area contributed by atoms with E-state index < -0.39 is 15.8 Å². The first kappa shape index (κ1) is 17.7. The Balaban J connectivity index is 2.72. The Labute approximate surface area is 132 Å². The van der Waals surface area contributed by atoms with Gasteiger partial charge >= 0.3 is 5.97 Å². The number of carbonyl (C=O) groups is 1. The maximum atomic E-state index is 11.4. The number of sulfone groups is 1. The Bertz CT molecular complexity index is 622. The number of carboxylic acid groups (broad SMARTS) is 1. The van der Waals surface area contributed by atoms with E-state index in [4.69, 9.17) is 9.84 Å². The molecule has 0 saturated carbocycles. The third kappa shape index (κ3) is 6.31. The monoisotopic (exact) mass is 376 g/mol. The van der Waals surface area contributed by atoms with Crippen LogP contribution in [-0.2, 0) is 14.6 Å². The van der Waals surface area contributed by atoms with Crippen LogP contribution in [0.4, 0.5) is 0 Å². The Morgan fingerprint density at radius 3 is 2.76 bits per heavy atom. The molecule has 1 N–H and O–H groups in total. The Kier molecular flexibility index (Phi) is 6.91. The van der Waals surface area contributed by atoms with Crippen LogP contribution >= 0.6 is 15.9 Å². The van der Waals surface area contributed by atoms with Gasteiger partial charge in [-0.2, -0.15) is 0 Å². The van der Waals surface area contributed by atoms with Crippen molar-refractivity contribution in [3.63, 3.8) is 0 Å². The van der Waals surface area contributed by atoms with E-state index in [1.54, 1.807) is 25.1 Å². The lowest BCUT2D eigenvalue weighted by atomic mass is 10.2. The van der Waals surface area contributed by atoms with Crippen LogP contribution in [0.5, 0.6) is 5.75 Å². The van der Waals surface area contributed by atoms with Gasteiger partial charge in [0.2, 0.25) is 0 Å². The summed E-state index contributed by atoms with van der Waals surface area (Å²) in [6, 6.07) is 5.26. The number of aliphatic carboxylic acids is 1. The molecule has 0 radical (unpaired) electrons. The van der Waals surface area contributed by atoms with Crippen LogP contribution in [0.15, 0.2) is 28.7 Å². The molecule has 0 unspecified atom stereocenters. The molecule has 1 rings (SSSR count). The van der Waals surface area contributed by atoms with Crippen molar-refractivity contribution in [3.05, 3.63) is 34.3 Å². The molecule has 1 aromatic rings. The van der Waals surface area contributed by atoms with Crippen LogP contribution in [0.3, 0.4) is 0 Å². The van der Waals surface area contributed by atoms with E-state index in [1.807, 2.05) is 0 Å². The number of rotatable bonds is 8. The highest BCUT2D eigenvalue weighted by Gasteiger charge is 2.09. The fourth-order valence-electron chi connectivity index (χ4n) is 1.57. The molecule has 116 valence electrons. The van der Waals surface area contributed by atoms with E-state index >= 15 is 0 Å².